The fraction of sp³-hybridized carbons (Fsp3) is 0. The molecular weight excluding hydrogens is 637 g/mol. The molecule has 0 atom stereocenters. The van der Waals surface area contributed by atoms with Gasteiger partial charge in [0.1, 0.15) is 11.2 Å². The van der Waals surface area contributed by atoms with Crippen molar-refractivity contribution in [3.8, 4) is 39.9 Å². The molecule has 8 aromatic carbocycles. The maximum Gasteiger partial charge on any atom is 0.166 e. The van der Waals surface area contributed by atoms with Gasteiger partial charge >= 0.3 is 0 Å². The highest BCUT2D eigenvalue weighted by Crippen LogP contribution is 2.42. The van der Waals surface area contributed by atoms with Crippen LogP contribution in [0.1, 0.15) is 0 Å². The van der Waals surface area contributed by atoms with E-state index in [1.807, 2.05) is 60.7 Å². The van der Waals surface area contributed by atoms with Gasteiger partial charge in [0, 0.05) is 49.7 Å². The van der Waals surface area contributed by atoms with Gasteiger partial charge in [-0.1, -0.05) is 133 Å². The highest BCUT2D eigenvalue weighted by molar-refractivity contribution is 6.17. The molecule has 3 aromatic heterocycles. The summed E-state index contributed by atoms with van der Waals surface area (Å²) in [5.74, 6) is 1.82. The third-order valence-electron chi connectivity index (χ3n) is 10.2. The molecule has 0 saturated heterocycles. The molecule has 0 saturated carbocycles. The largest absolute Gasteiger partial charge is 0.455 e. The molecule has 3 heterocycles. The molecule has 11 rings (SSSR count). The number of hydrogen-bond donors (Lipinski definition) is 0. The van der Waals surface area contributed by atoms with Crippen LogP contribution in [-0.2, 0) is 0 Å². The average Bonchev–Trinajstić information content (AvgIpc) is 3.75. The molecule has 0 N–H and O–H groups in total. The summed E-state index contributed by atoms with van der Waals surface area (Å²) < 4.78 is 9.16. The van der Waals surface area contributed by atoms with Crippen molar-refractivity contribution in [3.63, 3.8) is 0 Å². The van der Waals surface area contributed by atoms with E-state index in [9.17, 15) is 0 Å². The summed E-state index contributed by atoms with van der Waals surface area (Å²) in [5, 5.41) is 9.02. The van der Waals surface area contributed by atoms with Crippen molar-refractivity contribution >= 4 is 65.3 Å². The zero-order chi connectivity index (χ0) is 34.2. The Kier molecular flexibility index (Phi) is 6.18. The molecule has 5 nitrogen and oxygen atoms in total. The molecule has 11 aromatic rings. The fourth-order valence-corrected chi connectivity index (χ4v) is 7.75. The lowest BCUT2D eigenvalue weighted by Gasteiger charge is -2.15. The highest BCUT2D eigenvalue weighted by Gasteiger charge is 2.23. The van der Waals surface area contributed by atoms with E-state index in [1.165, 1.54) is 21.5 Å². The van der Waals surface area contributed by atoms with Crippen molar-refractivity contribution in [2.24, 2.45) is 0 Å². The summed E-state index contributed by atoms with van der Waals surface area (Å²) in [6, 6.07) is 59.1. The first kappa shape index (κ1) is 28.7. The van der Waals surface area contributed by atoms with Crippen LogP contribution in [-0.4, -0.2) is 19.5 Å². The van der Waals surface area contributed by atoms with Gasteiger partial charge in [0.15, 0.2) is 17.5 Å². The third kappa shape index (κ3) is 4.39. The second kappa shape index (κ2) is 11.2. The molecule has 0 fully saturated rings. The second-order valence-corrected chi connectivity index (χ2v) is 13.2. The lowest BCUT2D eigenvalue weighted by molar-refractivity contribution is 0.672. The van der Waals surface area contributed by atoms with Gasteiger partial charge in [0.25, 0.3) is 0 Å². The van der Waals surface area contributed by atoms with Crippen LogP contribution in [0.4, 0.5) is 0 Å². The number of nitrogens with zero attached hydrogens (tertiary/aromatic N) is 4. The first-order valence-corrected chi connectivity index (χ1v) is 17.4. The van der Waals surface area contributed by atoms with E-state index in [4.69, 9.17) is 19.4 Å². The molecule has 0 unspecified atom stereocenters. The second-order valence-electron chi connectivity index (χ2n) is 13.2. The molecule has 52 heavy (non-hydrogen) atoms. The van der Waals surface area contributed by atoms with Crippen LogP contribution >= 0.6 is 0 Å². The molecule has 0 aliphatic heterocycles. The van der Waals surface area contributed by atoms with Crippen LogP contribution in [0.25, 0.3) is 105 Å². The number of fused-ring (bicyclic) bond motifs is 9. The Morgan fingerprint density at radius 1 is 0.385 bits per heavy atom. The lowest BCUT2D eigenvalue weighted by Crippen LogP contribution is -2.03. The molecule has 242 valence electrons. The van der Waals surface area contributed by atoms with Crippen LogP contribution in [0.15, 0.2) is 174 Å². The zero-order valence-corrected chi connectivity index (χ0v) is 27.9. The van der Waals surface area contributed by atoms with Crippen molar-refractivity contribution in [1.29, 1.82) is 0 Å². The monoisotopic (exact) mass is 664 g/mol. The average molecular weight is 665 g/mol. The SMILES string of the molecule is c1ccc(-c2nc(-c3ccccc3)nc(-c3cc4c(cc3-n3c5ccccc5c5cc6ccccc6cc53)oc3c5ccccc5ccc43)n2)cc1. The number of benzene rings is 8. The standard InChI is InChI=1S/C47H28N4O/c1-3-14-30(15-4-1)45-48-46(31-16-5-2-6-17-31)50-47(49-45)39-27-38-36-24-23-29-13-9-10-20-34(29)44(36)52-43(38)28-42(39)51-40-22-12-11-21-35(40)37-25-32-18-7-8-19-33(32)26-41(37)51/h1-28H. The Morgan fingerprint density at radius 2 is 0.981 bits per heavy atom. The van der Waals surface area contributed by atoms with Crippen molar-refractivity contribution in [2.75, 3.05) is 0 Å². The highest BCUT2D eigenvalue weighted by atomic mass is 16.3. The van der Waals surface area contributed by atoms with Crippen molar-refractivity contribution in [3.05, 3.63) is 170 Å². The van der Waals surface area contributed by atoms with Crippen LogP contribution in [0.2, 0.25) is 0 Å². The Morgan fingerprint density at radius 3 is 1.71 bits per heavy atom. The Balaban J connectivity index is 1.29. The number of rotatable bonds is 4. The minimum absolute atomic E-state index is 0.589. The smallest absolute Gasteiger partial charge is 0.166 e. The van der Waals surface area contributed by atoms with Crippen LogP contribution < -0.4 is 0 Å². The van der Waals surface area contributed by atoms with E-state index in [0.717, 1.165) is 66.1 Å². The predicted molar refractivity (Wildman–Crippen MR) is 213 cm³/mol. The predicted octanol–water partition coefficient (Wildman–Crippen LogP) is 12.2. The van der Waals surface area contributed by atoms with Gasteiger partial charge in [-0.2, -0.15) is 0 Å². The molecule has 0 amide bonds. The topological polar surface area (TPSA) is 56.7 Å². The quantitative estimate of drug-likeness (QED) is 0.188. The van der Waals surface area contributed by atoms with Gasteiger partial charge in [0.2, 0.25) is 0 Å². The van der Waals surface area contributed by atoms with Gasteiger partial charge in [-0.25, -0.2) is 15.0 Å². The Labute approximate surface area is 298 Å². The summed E-state index contributed by atoms with van der Waals surface area (Å²) >= 11 is 0. The molecule has 0 aliphatic carbocycles. The van der Waals surface area contributed by atoms with E-state index in [-0.39, 0.29) is 0 Å². The summed E-state index contributed by atoms with van der Waals surface area (Å²) in [4.78, 5) is 15.5. The fourth-order valence-electron chi connectivity index (χ4n) is 7.75. The van der Waals surface area contributed by atoms with E-state index in [1.54, 1.807) is 0 Å². The van der Waals surface area contributed by atoms with Gasteiger partial charge < -0.3 is 8.98 Å². The Hall–Kier alpha value is -7.11. The molecule has 0 spiro atoms. The normalized spacial score (nSPS) is 11.8. The zero-order valence-electron chi connectivity index (χ0n) is 27.9. The van der Waals surface area contributed by atoms with Gasteiger partial charge in [-0.15, -0.1) is 0 Å². The molecule has 0 aliphatic rings. The maximum absolute atomic E-state index is 6.81. The van der Waals surface area contributed by atoms with E-state index < -0.39 is 0 Å². The number of aromatic nitrogens is 4. The van der Waals surface area contributed by atoms with Crippen LogP contribution in [0.5, 0.6) is 0 Å². The number of hydrogen-bond acceptors (Lipinski definition) is 4. The van der Waals surface area contributed by atoms with Gasteiger partial charge in [-0.3, -0.25) is 0 Å². The van der Waals surface area contributed by atoms with Crippen molar-refractivity contribution in [1.82, 2.24) is 19.5 Å². The van der Waals surface area contributed by atoms with E-state index in [2.05, 4.69) is 114 Å². The lowest BCUT2D eigenvalue weighted by atomic mass is 10.0. The first-order valence-electron chi connectivity index (χ1n) is 17.4. The number of para-hydroxylation sites is 1. The summed E-state index contributed by atoms with van der Waals surface area (Å²) in [5.41, 5.74) is 7.53. The molecule has 0 radical (unpaired) electrons. The molecule has 5 heteroatoms. The maximum atomic E-state index is 6.81. The molecule has 0 bridgehead atoms. The third-order valence-corrected chi connectivity index (χ3v) is 10.2. The first-order chi connectivity index (χ1) is 25.8. The van der Waals surface area contributed by atoms with Crippen molar-refractivity contribution < 1.29 is 4.42 Å². The summed E-state index contributed by atoms with van der Waals surface area (Å²) in [6.45, 7) is 0. The van der Waals surface area contributed by atoms with Crippen molar-refractivity contribution in [2.45, 2.75) is 0 Å². The minimum Gasteiger partial charge on any atom is -0.455 e. The summed E-state index contributed by atoms with van der Waals surface area (Å²) in [6.07, 6.45) is 0. The van der Waals surface area contributed by atoms with E-state index >= 15 is 0 Å². The Bertz CT molecular complexity index is 3120. The van der Waals surface area contributed by atoms with E-state index in [0.29, 0.717) is 17.5 Å². The summed E-state index contributed by atoms with van der Waals surface area (Å²) in [7, 11) is 0. The van der Waals surface area contributed by atoms with Gasteiger partial charge in [-0.05, 0) is 46.5 Å². The number of furan rings is 1. The minimum atomic E-state index is 0.589. The van der Waals surface area contributed by atoms with Gasteiger partial charge in [0.05, 0.1) is 16.7 Å². The van der Waals surface area contributed by atoms with Crippen LogP contribution in [0, 0.1) is 0 Å². The van der Waals surface area contributed by atoms with Crippen LogP contribution in [0.3, 0.4) is 0 Å². The molecular formula is C47H28N4O.